The van der Waals surface area contributed by atoms with Crippen molar-refractivity contribution >= 4 is 12.0 Å². The van der Waals surface area contributed by atoms with E-state index in [2.05, 4.69) is 4.98 Å². The lowest BCUT2D eigenvalue weighted by atomic mass is 9.93. The van der Waals surface area contributed by atoms with Crippen LogP contribution in [0.15, 0.2) is 60.4 Å². The third-order valence-corrected chi connectivity index (χ3v) is 6.42. The first-order valence-corrected chi connectivity index (χ1v) is 11.5. The van der Waals surface area contributed by atoms with Crippen LogP contribution < -0.4 is 4.74 Å². The van der Waals surface area contributed by atoms with Gasteiger partial charge in [0, 0.05) is 6.20 Å². The smallest absolute Gasteiger partial charge is 0.293 e. The van der Waals surface area contributed by atoms with Crippen molar-refractivity contribution in [1.29, 1.82) is 0 Å². The fourth-order valence-electron chi connectivity index (χ4n) is 4.72. The van der Waals surface area contributed by atoms with Gasteiger partial charge in [0.05, 0.1) is 36.6 Å². The van der Waals surface area contributed by atoms with Crippen LogP contribution in [0.2, 0.25) is 0 Å². The van der Waals surface area contributed by atoms with Crippen LogP contribution >= 0.6 is 0 Å². The zero-order valence-electron chi connectivity index (χ0n) is 20.0. The van der Waals surface area contributed by atoms with Crippen LogP contribution in [0, 0.1) is 24.4 Å². The maximum absolute atomic E-state index is 14.0. The number of aryl methyl sites for hydroxylation is 1. The van der Waals surface area contributed by atoms with E-state index >= 15 is 0 Å². The second-order valence-corrected chi connectivity index (χ2v) is 8.82. The Kier molecular flexibility index (Phi) is 6.07. The Morgan fingerprint density at radius 3 is 2.58 bits per heavy atom. The Morgan fingerprint density at radius 2 is 1.92 bits per heavy atom. The maximum atomic E-state index is 14.0. The summed E-state index contributed by atoms with van der Waals surface area (Å²) in [5.41, 5.74) is 3.12. The molecule has 3 heterocycles. The van der Waals surface area contributed by atoms with Crippen molar-refractivity contribution in [3.05, 3.63) is 94.7 Å². The number of nitrogens with zero attached hydrogens (tertiary/aromatic N) is 3. The van der Waals surface area contributed by atoms with Crippen molar-refractivity contribution < 1.29 is 27.4 Å². The molecule has 0 unspecified atom stereocenters. The number of hydrogen-bond acceptors (Lipinski definition) is 4. The number of morpholine rings is 1. The molecule has 2 aliphatic rings. The first-order chi connectivity index (χ1) is 17.3. The number of hydrogen-bond donors (Lipinski definition) is 0. The van der Waals surface area contributed by atoms with Gasteiger partial charge in [0.2, 0.25) is 0 Å². The normalized spacial score (nSPS) is 20.7. The molecule has 1 saturated heterocycles. The highest BCUT2D eigenvalue weighted by atomic mass is 19.2. The highest BCUT2D eigenvalue weighted by Crippen LogP contribution is 2.41. The molecule has 36 heavy (non-hydrogen) atoms. The summed E-state index contributed by atoms with van der Waals surface area (Å²) in [5.74, 6) is -3.88. The van der Waals surface area contributed by atoms with Crippen LogP contribution in [0.1, 0.15) is 42.6 Å². The van der Waals surface area contributed by atoms with Crippen LogP contribution in [0.3, 0.4) is 0 Å². The maximum Gasteiger partial charge on any atom is 0.293 e. The van der Waals surface area contributed by atoms with E-state index < -0.39 is 35.5 Å². The molecule has 2 aromatic carbocycles. The van der Waals surface area contributed by atoms with Crippen LogP contribution in [0.4, 0.5) is 13.2 Å². The summed E-state index contributed by atoms with van der Waals surface area (Å²) in [6.45, 7) is 3.69. The Balaban J connectivity index is 1.51. The SMILES string of the molecule is COc1cc(/C=C2\O[C@H](C)C3=CCC[C@@H](c4cc(F)c(F)c(F)c4)N3C2=O)ccc1-n1cnc(C)c1. The summed E-state index contributed by atoms with van der Waals surface area (Å²) in [4.78, 5) is 19.3. The first-order valence-electron chi connectivity index (χ1n) is 11.5. The van der Waals surface area contributed by atoms with Gasteiger partial charge in [-0.15, -0.1) is 0 Å². The van der Waals surface area contributed by atoms with Gasteiger partial charge in [0.15, 0.2) is 23.2 Å². The number of imidazole rings is 1. The molecule has 0 radical (unpaired) electrons. The minimum Gasteiger partial charge on any atom is -0.495 e. The van der Waals surface area contributed by atoms with E-state index in [0.29, 0.717) is 29.9 Å². The predicted octanol–water partition coefficient (Wildman–Crippen LogP) is 5.61. The van der Waals surface area contributed by atoms with Crippen LogP contribution in [-0.2, 0) is 9.53 Å². The molecule has 6 nitrogen and oxygen atoms in total. The van der Waals surface area contributed by atoms with Gasteiger partial charge in [-0.2, -0.15) is 0 Å². The van der Waals surface area contributed by atoms with Crippen molar-refractivity contribution in [3.63, 3.8) is 0 Å². The zero-order valence-corrected chi connectivity index (χ0v) is 20.0. The molecule has 0 saturated carbocycles. The average molecular weight is 496 g/mol. The number of methoxy groups -OCH3 is 1. The minimum absolute atomic E-state index is 0.0860. The predicted molar refractivity (Wildman–Crippen MR) is 127 cm³/mol. The molecule has 0 N–H and O–H groups in total. The van der Waals surface area contributed by atoms with Gasteiger partial charge in [-0.1, -0.05) is 12.1 Å². The fraction of sp³-hybridized carbons (Fsp3) is 0.259. The topological polar surface area (TPSA) is 56.6 Å². The molecule has 0 bridgehead atoms. The third kappa shape index (κ3) is 4.14. The number of amides is 1. The van der Waals surface area contributed by atoms with Gasteiger partial charge in [-0.3, -0.25) is 9.69 Å². The molecule has 9 heteroatoms. The van der Waals surface area contributed by atoms with E-state index in [-0.39, 0.29) is 11.3 Å². The summed E-state index contributed by atoms with van der Waals surface area (Å²) in [5, 5.41) is 0. The summed E-state index contributed by atoms with van der Waals surface area (Å²) >= 11 is 0. The van der Waals surface area contributed by atoms with E-state index in [1.54, 1.807) is 32.5 Å². The monoisotopic (exact) mass is 495 g/mol. The lowest BCUT2D eigenvalue weighted by Crippen LogP contribution is -2.45. The van der Waals surface area contributed by atoms with Crippen molar-refractivity contribution in [2.75, 3.05) is 7.11 Å². The Labute approximate surface area is 206 Å². The second kappa shape index (κ2) is 9.22. The standard InChI is InChI=1S/C27H24F3N3O3/c1-15-13-32(14-31-15)23-8-7-17(9-24(23)35-3)10-25-27(34)33-21(16(2)36-25)5-4-6-22(33)18-11-19(28)26(30)20(29)12-18/h5,7-14,16,22H,4,6H2,1-3H3/b25-10-/t16-,22+/m1/s1. The molecule has 1 aromatic heterocycles. The van der Waals surface area contributed by atoms with Gasteiger partial charge in [0.25, 0.3) is 5.91 Å². The van der Waals surface area contributed by atoms with E-state index in [0.717, 1.165) is 23.5 Å². The average Bonchev–Trinajstić information content (AvgIpc) is 3.30. The number of halogens is 3. The molecule has 5 rings (SSSR count). The third-order valence-electron chi connectivity index (χ3n) is 6.42. The van der Waals surface area contributed by atoms with Gasteiger partial charge >= 0.3 is 0 Å². The highest BCUT2D eigenvalue weighted by molar-refractivity contribution is 5.98. The van der Waals surface area contributed by atoms with Crippen molar-refractivity contribution in [1.82, 2.24) is 14.5 Å². The molecule has 186 valence electrons. The fourth-order valence-corrected chi connectivity index (χ4v) is 4.72. The van der Waals surface area contributed by atoms with Gasteiger partial charge in [-0.05, 0) is 68.2 Å². The largest absolute Gasteiger partial charge is 0.495 e. The van der Waals surface area contributed by atoms with E-state index in [4.69, 9.17) is 9.47 Å². The van der Waals surface area contributed by atoms with E-state index in [1.165, 1.54) is 4.90 Å². The van der Waals surface area contributed by atoms with Crippen LogP contribution in [0.25, 0.3) is 11.8 Å². The first kappa shape index (κ1) is 23.7. The lowest BCUT2D eigenvalue weighted by molar-refractivity contribution is -0.137. The molecule has 0 spiro atoms. The van der Waals surface area contributed by atoms with Crippen molar-refractivity contribution in [2.24, 2.45) is 0 Å². The van der Waals surface area contributed by atoms with Crippen LogP contribution in [-0.4, -0.2) is 33.6 Å². The van der Waals surface area contributed by atoms with E-state index in [1.807, 2.05) is 35.9 Å². The Bertz CT molecular complexity index is 1390. The number of benzene rings is 2. The highest BCUT2D eigenvalue weighted by Gasteiger charge is 2.40. The molecule has 1 fully saturated rings. The quantitative estimate of drug-likeness (QED) is 0.349. The van der Waals surface area contributed by atoms with Gasteiger partial charge in [-0.25, -0.2) is 18.2 Å². The molecule has 2 atom stereocenters. The molecule has 0 aliphatic carbocycles. The number of allylic oxidation sites excluding steroid dienone is 1. The molecular weight excluding hydrogens is 471 g/mol. The number of fused-ring (bicyclic) bond motifs is 1. The lowest BCUT2D eigenvalue weighted by Gasteiger charge is -2.43. The van der Waals surface area contributed by atoms with Crippen molar-refractivity contribution in [2.45, 2.75) is 38.8 Å². The molecule has 1 amide bonds. The van der Waals surface area contributed by atoms with Crippen LogP contribution in [0.5, 0.6) is 5.75 Å². The number of carbonyl (C=O) groups is 1. The number of aromatic nitrogens is 2. The minimum atomic E-state index is -1.53. The summed E-state index contributed by atoms with van der Waals surface area (Å²) in [6.07, 6.45) is 7.61. The Morgan fingerprint density at radius 1 is 1.17 bits per heavy atom. The van der Waals surface area contributed by atoms with Gasteiger partial charge < -0.3 is 14.0 Å². The number of ether oxygens (including phenoxy) is 2. The van der Waals surface area contributed by atoms with Gasteiger partial charge in [0.1, 0.15) is 11.9 Å². The van der Waals surface area contributed by atoms with E-state index in [9.17, 15) is 18.0 Å². The number of rotatable bonds is 4. The summed E-state index contributed by atoms with van der Waals surface area (Å²) in [6, 6.07) is 6.70. The molecule has 2 aliphatic heterocycles. The molecule has 3 aromatic rings. The second-order valence-electron chi connectivity index (χ2n) is 8.82. The molecular formula is C27H24F3N3O3. The summed E-state index contributed by atoms with van der Waals surface area (Å²) in [7, 11) is 1.56. The van der Waals surface area contributed by atoms with Crippen molar-refractivity contribution in [3.8, 4) is 11.4 Å². The number of carbonyl (C=O) groups excluding carboxylic acids is 1. The summed E-state index contributed by atoms with van der Waals surface area (Å²) < 4.78 is 54.9. The Hall–Kier alpha value is -4.01. The zero-order chi connectivity index (χ0) is 25.6.